The Labute approximate surface area is 116 Å². The van der Waals surface area contributed by atoms with Crippen LogP contribution in [-0.2, 0) is 6.18 Å². The molecule has 1 fully saturated rings. The molecule has 112 valence electrons. The fourth-order valence-corrected chi connectivity index (χ4v) is 2.40. The number of anilines is 1. The van der Waals surface area contributed by atoms with Crippen LogP contribution in [0.3, 0.4) is 0 Å². The van der Waals surface area contributed by atoms with Crippen molar-refractivity contribution in [1.29, 1.82) is 0 Å². The minimum absolute atomic E-state index is 0.0490. The normalized spacial score (nSPS) is 22.0. The molecule has 1 unspecified atom stereocenters. The van der Waals surface area contributed by atoms with Gasteiger partial charge in [-0.2, -0.15) is 13.2 Å². The summed E-state index contributed by atoms with van der Waals surface area (Å²) in [4.78, 5) is 7.24. The van der Waals surface area contributed by atoms with E-state index in [1.54, 1.807) is 6.26 Å². The SMILES string of the molecule is CSc1nc(NC2CCC(F)(F)C2)cc(C(F)(F)F)n1. The van der Waals surface area contributed by atoms with Gasteiger partial charge in [-0.3, -0.25) is 0 Å². The minimum atomic E-state index is -4.59. The van der Waals surface area contributed by atoms with Crippen molar-refractivity contribution in [3.63, 3.8) is 0 Å². The molecule has 1 N–H and O–H groups in total. The first-order valence-electron chi connectivity index (χ1n) is 5.84. The lowest BCUT2D eigenvalue weighted by Gasteiger charge is -2.15. The molecule has 2 rings (SSSR count). The van der Waals surface area contributed by atoms with Gasteiger partial charge in [-0.25, -0.2) is 18.7 Å². The second-order valence-electron chi connectivity index (χ2n) is 4.56. The second kappa shape index (κ2) is 5.34. The Hall–Kier alpha value is -1.12. The lowest BCUT2D eigenvalue weighted by Crippen LogP contribution is -2.21. The van der Waals surface area contributed by atoms with E-state index in [1.165, 1.54) is 0 Å². The molecule has 0 amide bonds. The fraction of sp³-hybridized carbons (Fsp3) is 0.636. The molecule has 20 heavy (non-hydrogen) atoms. The van der Waals surface area contributed by atoms with Crippen LogP contribution in [-0.4, -0.2) is 28.2 Å². The molecule has 0 aliphatic heterocycles. The number of nitrogens with zero attached hydrogens (tertiary/aromatic N) is 2. The van der Waals surface area contributed by atoms with Crippen LogP contribution in [0.1, 0.15) is 25.0 Å². The highest BCUT2D eigenvalue weighted by molar-refractivity contribution is 7.98. The maximum Gasteiger partial charge on any atom is 0.433 e. The highest BCUT2D eigenvalue weighted by Gasteiger charge is 2.40. The van der Waals surface area contributed by atoms with Gasteiger partial charge in [0.05, 0.1) is 0 Å². The van der Waals surface area contributed by atoms with Gasteiger partial charge in [-0.15, -0.1) is 0 Å². The zero-order valence-corrected chi connectivity index (χ0v) is 11.3. The standard InChI is InChI=1S/C11H12F5N3S/c1-20-9-18-7(11(14,15)16)4-8(19-9)17-6-2-3-10(12,13)5-6/h4,6H,2-3,5H2,1H3,(H,17,18,19). The zero-order valence-electron chi connectivity index (χ0n) is 10.5. The van der Waals surface area contributed by atoms with E-state index in [2.05, 4.69) is 15.3 Å². The highest BCUT2D eigenvalue weighted by atomic mass is 32.2. The second-order valence-corrected chi connectivity index (χ2v) is 5.34. The number of halogens is 5. The summed E-state index contributed by atoms with van der Waals surface area (Å²) in [6, 6.07) is 0.173. The average Bonchev–Trinajstić information content (AvgIpc) is 2.67. The summed E-state index contributed by atoms with van der Waals surface area (Å²) in [6.45, 7) is 0. The van der Waals surface area contributed by atoms with Crippen molar-refractivity contribution in [3.8, 4) is 0 Å². The summed E-state index contributed by atoms with van der Waals surface area (Å²) in [7, 11) is 0. The Bertz CT molecular complexity index is 491. The van der Waals surface area contributed by atoms with E-state index < -0.39 is 30.3 Å². The number of rotatable bonds is 3. The smallest absolute Gasteiger partial charge is 0.367 e. The summed E-state index contributed by atoms with van der Waals surface area (Å²) in [6.07, 6.45) is -3.51. The predicted molar refractivity (Wildman–Crippen MR) is 65.0 cm³/mol. The highest BCUT2D eigenvalue weighted by Crippen LogP contribution is 2.37. The first kappa shape index (κ1) is 15.3. The first-order valence-corrected chi connectivity index (χ1v) is 7.07. The van der Waals surface area contributed by atoms with Crippen LogP contribution in [0.25, 0.3) is 0 Å². The Balaban J connectivity index is 2.19. The molecule has 1 aromatic heterocycles. The summed E-state index contributed by atoms with van der Waals surface area (Å²) in [5.41, 5.74) is -1.08. The van der Waals surface area contributed by atoms with Crippen LogP contribution < -0.4 is 5.32 Å². The van der Waals surface area contributed by atoms with Crippen LogP contribution in [0.4, 0.5) is 27.8 Å². The van der Waals surface area contributed by atoms with Gasteiger partial charge in [0.25, 0.3) is 0 Å². The van der Waals surface area contributed by atoms with Crippen molar-refractivity contribution in [2.24, 2.45) is 0 Å². The monoisotopic (exact) mass is 313 g/mol. The number of aromatic nitrogens is 2. The van der Waals surface area contributed by atoms with E-state index in [4.69, 9.17) is 0 Å². The number of nitrogens with one attached hydrogen (secondary N) is 1. The van der Waals surface area contributed by atoms with E-state index in [9.17, 15) is 22.0 Å². The molecule has 0 aromatic carbocycles. The van der Waals surface area contributed by atoms with Gasteiger partial charge in [0, 0.05) is 24.9 Å². The Morgan fingerprint density at radius 2 is 2.05 bits per heavy atom. The van der Waals surface area contributed by atoms with Crippen molar-refractivity contribution in [1.82, 2.24) is 9.97 Å². The molecule has 1 aliphatic rings. The van der Waals surface area contributed by atoms with Crippen LogP contribution in [0.5, 0.6) is 0 Å². The Morgan fingerprint density at radius 1 is 1.35 bits per heavy atom. The molecule has 0 bridgehead atoms. The molecule has 0 radical (unpaired) electrons. The first-order chi connectivity index (χ1) is 9.19. The maximum absolute atomic E-state index is 13.1. The summed E-state index contributed by atoms with van der Waals surface area (Å²) in [5.74, 6) is -2.83. The van der Waals surface area contributed by atoms with Gasteiger partial charge in [-0.1, -0.05) is 11.8 Å². The molecule has 3 nitrogen and oxygen atoms in total. The largest absolute Gasteiger partial charge is 0.433 e. The third-order valence-corrected chi connectivity index (χ3v) is 3.48. The van der Waals surface area contributed by atoms with Gasteiger partial charge >= 0.3 is 6.18 Å². The third-order valence-electron chi connectivity index (χ3n) is 2.93. The maximum atomic E-state index is 13.1. The Kier molecular flexibility index (Phi) is 4.08. The molecular weight excluding hydrogens is 301 g/mol. The average molecular weight is 313 g/mol. The third kappa shape index (κ3) is 3.71. The number of alkyl halides is 5. The van der Waals surface area contributed by atoms with Crippen molar-refractivity contribution in [2.45, 2.75) is 42.6 Å². The summed E-state index contributed by atoms with van der Waals surface area (Å²) in [5, 5.41) is 2.59. The van der Waals surface area contributed by atoms with Crippen LogP contribution in [0.2, 0.25) is 0 Å². The lowest BCUT2D eigenvalue weighted by atomic mass is 10.2. The van der Waals surface area contributed by atoms with Gasteiger partial charge in [0.1, 0.15) is 5.82 Å². The van der Waals surface area contributed by atoms with E-state index in [-0.39, 0.29) is 23.8 Å². The van der Waals surface area contributed by atoms with Gasteiger partial charge < -0.3 is 5.32 Å². The van der Waals surface area contributed by atoms with Gasteiger partial charge in [0.15, 0.2) is 10.9 Å². The Morgan fingerprint density at radius 3 is 2.55 bits per heavy atom. The van der Waals surface area contributed by atoms with Gasteiger partial charge in [0.2, 0.25) is 5.92 Å². The molecule has 9 heteroatoms. The van der Waals surface area contributed by atoms with Gasteiger partial charge in [-0.05, 0) is 12.7 Å². The van der Waals surface area contributed by atoms with E-state index in [1.807, 2.05) is 0 Å². The molecule has 1 aromatic rings. The van der Waals surface area contributed by atoms with E-state index in [0.29, 0.717) is 0 Å². The van der Waals surface area contributed by atoms with Crippen LogP contribution >= 0.6 is 11.8 Å². The molecule has 0 saturated heterocycles. The lowest BCUT2D eigenvalue weighted by molar-refractivity contribution is -0.141. The molecular formula is C11H12F5N3S. The van der Waals surface area contributed by atoms with Crippen LogP contribution in [0, 0.1) is 0 Å². The summed E-state index contributed by atoms with van der Waals surface area (Å²) >= 11 is 0.961. The number of hydrogen-bond acceptors (Lipinski definition) is 4. The van der Waals surface area contributed by atoms with Crippen molar-refractivity contribution in [3.05, 3.63) is 11.8 Å². The zero-order chi connectivity index (χ0) is 15.0. The molecule has 0 spiro atoms. The van der Waals surface area contributed by atoms with E-state index in [0.717, 1.165) is 17.8 Å². The topological polar surface area (TPSA) is 37.8 Å². The molecule has 1 saturated carbocycles. The van der Waals surface area contributed by atoms with Crippen molar-refractivity contribution < 1.29 is 22.0 Å². The minimum Gasteiger partial charge on any atom is -0.367 e. The summed E-state index contributed by atoms with van der Waals surface area (Å²) < 4.78 is 64.1. The van der Waals surface area contributed by atoms with Crippen molar-refractivity contribution >= 4 is 17.6 Å². The molecule has 1 heterocycles. The van der Waals surface area contributed by atoms with Crippen LogP contribution in [0.15, 0.2) is 11.2 Å². The number of hydrogen-bond donors (Lipinski definition) is 1. The quantitative estimate of drug-likeness (QED) is 0.523. The molecule has 1 aliphatic carbocycles. The van der Waals surface area contributed by atoms with E-state index >= 15 is 0 Å². The predicted octanol–water partition coefficient (Wildman–Crippen LogP) is 3.82. The number of thioether (sulfide) groups is 1. The fourth-order valence-electron chi connectivity index (χ4n) is 2.02. The molecule has 1 atom stereocenters. The van der Waals surface area contributed by atoms with Crippen molar-refractivity contribution in [2.75, 3.05) is 11.6 Å².